The van der Waals surface area contributed by atoms with Crippen LogP contribution in [0, 0.1) is 11.7 Å². The Morgan fingerprint density at radius 2 is 1.78 bits per heavy atom. The van der Waals surface area contributed by atoms with Gasteiger partial charge in [0.15, 0.2) is 5.96 Å². The summed E-state index contributed by atoms with van der Waals surface area (Å²) in [7, 11) is 1.84. The minimum absolute atomic E-state index is 0.1000. The summed E-state index contributed by atoms with van der Waals surface area (Å²) >= 11 is 0. The molecule has 0 bridgehead atoms. The number of aliphatic imine (C=N–C) groups is 1. The second kappa shape index (κ2) is 11.3. The molecule has 0 amide bonds. The molecule has 0 radical (unpaired) electrons. The first-order chi connectivity index (χ1) is 15.7. The van der Waals surface area contributed by atoms with Crippen molar-refractivity contribution in [3.8, 4) is 0 Å². The van der Waals surface area contributed by atoms with Gasteiger partial charge >= 0.3 is 0 Å². The monoisotopic (exact) mass is 438 g/mol. The molecule has 7 heteroatoms. The van der Waals surface area contributed by atoms with Crippen LogP contribution in [0.2, 0.25) is 0 Å². The van der Waals surface area contributed by atoms with E-state index < -0.39 is 0 Å². The van der Waals surface area contributed by atoms with Gasteiger partial charge in [0.05, 0.1) is 0 Å². The first-order valence-corrected chi connectivity index (χ1v) is 11.8. The summed E-state index contributed by atoms with van der Waals surface area (Å²) in [6, 6.07) is 13.6. The van der Waals surface area contributed by atoms with Crippen molar-refractivity contribution in [3.63, 3.8) is 0 Å². The average molecular weight is 439 g/mol. The molecule has 0 saturated carbocycles. The van der Waals surface area contributed by atoms with Crippen molar-refractivity contribution >= 4 is 11.8 Å². The summed E-state index contributed by atoms with van der Waals surface area (Å²) in [5, 5.41) is 7.14. The van der Waals surface area contributed by atoms with Gasteiger partial charge in [-0.05, 0) is 62.9 Å². The van der Waals surface area contributed by atoms with Crippen LogP contribution in [0.25, 0.3) is 0 Å². The van der Waals surface area contributed by atoms with Gasteiger partial charge in [0, 0.05) is 51.0 Å². The number of halogens is 1. The van der Waals surface area contributed by atoms with Crippen molar-refractivity contribution in [2.45, 2.75) is 38.3 Å². The number of anilines is 1. The summed E-state index contributed by atoms with van der Waals surface area (Å²) in [5.74, 6) is 2.48. The molecule has 2 N–H and O–H groups in total. The van der Waals surface area contributed by atoms with Gasteiger partial charge in [-0.3, -0.25) is 9.89 Å². The van der Waals surface area contributed by atoms with Crippen molar-refractivity contribution < 1.29 is 4.39 Å². The molecule has 32 heavy (non-hydrogen) atoms. The summed E-state index contributed by atoms with van der Waals surface area (Å²) < 4.78 is 13.9. The van der Waals surface area contributed by atoms with Crippen LogP contribution in [-0.2, 0) is 6.54 Å². The molecule has 1 aromatic heterocycles. The van der Waals surface area contributed by atoms with Crippen LogP contribution in [0.3, 0.4) is 0 Å². The number of benzene rings is 1. The van der Waals surface area contributed by atoms with Gasteiger partial charge in [-0.25, -0.2) is 9.37 Å². The maximum atomic E-state index is 13.9. The van der Waals surface area contributed by atoms with E-state index in [2.05, 4.69) is 36.5 Å². The average Bonchev–Trinajstić information content (AvgIpc) is 2.85. The quantitative estimate of drug-likeness (QED) is 0.536. The smallest absolute Gasteiger partial charge is 0.191 e. The molecule has 0 aliphatic carbocycles. The Bertz CT molecular complexity index is 858. The molecule has 2 aliphatic rings. The zero-order valence-electron chi connectivity index (χ0n) is 19.0. The molecule has 4 rings (SSSR count). The fraction of sp³-hybridized carbons (Fsp3) is 0.520. The maximum absolute atomic E-state index is 13.9. The molecule has 6 nitrogen and oxygen atoms in total. The number of nitrogens with one attached hydrogen (secondary N) is 2. The van der Waals surface area contributed by atoms with Gasteiger partial charge < -0.3 is 15.5 Å². The largest absolute Gasteiger partial charge is 0.356 e. The lowest BCUT2D eigenvalue weighted by molar-refractivity contribution is 0.176. The minimum atomic E-state index is -0.1000. The van der Waals surface area contributed by atoms with Crippen molar-refractivity contribution in [3.05, 3.63) is 60.0 Å². The second-order valence-electron chi connectivity index (χ2n) is 8.86. The molecule has 1 aromatic carbocycles. The number of aromatic nitrogens is 1. The van der Waals surface area contributed by atoms with Crippen molar-refractivity contribution in [2.24, 2.45) is 10.9 Å². The standard InChI is InChI=1S/C25H35FN6/c1-27-25(30-22-11-16-32(17-12-22)24-8-4-5-13-28-24)29-18-20-9-14-31(15-10-20)19-21-6-2-3-7-23(21)26/h2-8,13,20,22H,9-12,14-19H2,1H3,(H2,27,29,30). The molecule has 0 spiro atoms. The van der Waals surface area contributed by atoms with Crippen LogP contribution in [0.4, 0.5) is 10.2 Å². The Hall–Kier alpha value is -2.67. The van der Waals surface area contributed by atoms with E-state index in [4.69, 9.17) is 0 Å². The van der Waals surface area contributed by atoms with Gasteiger partial charge in [0.1, 0.15) is 11.6 Å². The Kier molecular flexibility index (Phi) is 7.93. The van der Waals surface area contributed by atoms with E-state index in [-0.39, 0.29) is 5.82 Å². The molecule has 2 saturated heterocycles. The normalized spacial score (nSPS) is 19.2. The van der Waals surface area contributed by atoms with Crippen LogP contribution in [-0.4, -0.2) is 61.7 Å². The van der Waals surface area contributed by atoms with E-state index in [0.29, 0.717) is 18.5 Å². The molecule has 3 heterocycles. The van der Waals surface area contributed by atoms with Crippen molar-refractivity contribution in [1.82, 2.24) is 20.5 Å². The summed E-state index contributed by atoms with van der Waals surface area (Å²) in [4.78, 5) is 13.6. The lowest BCUT2D eigenvalue weighted by atomic mass is 9.96. The second-order valence-corrected chi connectivity index (χ2v) is 8.86. The van der Waals surface area contributed by atoms with Crippen LogP contribution in [0.1, 0.15) is 31.2 Å². The van der Waals surface area contributed by atoms with Crippen molar-refractivity contribution in [2.75, 3.05) is 44.7 Å². The lowest BCUT2D eigenvalue weighted by Crippen LogP contribution is -2.50. The molecular weight excluding hydrogens is 403 g/mol. The molecule has 0 unspecified atom stereocenters. The van der Waals surface area contributed by atoms with Crippen LogP contribution < -0.4 is 15.5 Å². The van der Waals surface area contributed by atoms with E-state index in [1.165, 1.54) is 0 Å². The Morgan fingerprint density at radius 3 is 2.47 bits per heavy atom. The molecule has 172 valence electrons. The van der Waals surface area contributed by atoms with Gasteiger partial charge in [-0.15, -0.1) is 0 Å². The third-order valence-electron chi connectivity index (χ3n) is 6.65. The fourth-order valence-corrected chi connectivity index (χ4v) is 4.64. The van der Waals surface area contributed by atoms with Gasteiger partial charge in [-0.2, -0.15) is 0 Å². The summed E-state index contributed by atoms with van der Waals surface area (Å²) in [6.45, 7) is 5.67. The molecule has 2 fully saturated rings. The van der Waals surface area contributed by atoms with Crippen LogP contribution in [0.5, 0.6) is 0 Å². The minimum Gasteiger partial charge on any atom is -0.356 e. The summed E-state index contributed by atoms with van der Waals surface area (Å²) in [6.07, 6.45) is 6.26. The van der Waals surface area contributed by atoms with E-state index in [1.807, 2.05) is 37.5 Å². The zero-order chi connectivity index (χ0) is 22.2. The highest BCUT2D eigenvalue weighted by Gasteiger charge is 2.23. The van der Waals surface area contributed by atoms with Crippen LogP contribution >= 0.6 is 0 Å². The van der Waals surface area contributed by atoms with Gasteiger partial charge in [0.25, 0.3) is 0 Å². The van der Waals surface area contributed by atoms with E-state index in [9.17, 15) is 4.39 Å². The third-order valence-corrected chi connectivity index (χ3v) is 6.65. The SMILES string of the molecule is CN=C(NCC1CCN(Cc2ccccc2F)CC1)NC1CCN(c2ccccn2)CC1. The number of piperidine rings is 2. The lowest BCUT2D eigenvalue weighted by Gasteiger charge is -2.34. The zero-order valence-corrected chi connectivity index (χ0v) is 19.0. The fourth-order valence-electron chi connectivity index (χ4n) is 4.64. The summed E-state index contributed by atoms with van der Waals surface area (Å²) in [5.41, 5.74) is 0.794. The number of hydrogen-bond donors (Lipinski definition) is 2. The predicted molar refractivity (Wildman–Crippen MR) is 128 cm³/mol. The van der Waals surface area contributed by atoms with Gasteiger partial charge in [0.2, 0.25) is 0 Å². The first kappa shape index (κ1) is 22.5. The highest BCUT2D eigenvalue weighted by atomic mass is 19.1. The Morgan fingerprint density at radius 1 is 1.03 bits per heavy atom. The highest BCUT2D eigenvalue weighted by molar-refractivity contribution is 5.80. The van der Waals surface area contributed by atoms with Crippen molar-refractivity contribution in [1.29, 1.82) is 0 Å². The van der Waals surface area contributed by atoms with E-state index in [1.54, 1.807) is 12.1 Å². The number of pyridine rings is 1. The molecule has 0 atom stereocenters. The first-order valence-electron chi connectivity index (χ1n) is 11.8. The molecule has 2 aliphatic heterocycles. The third kappa shape index (κ3) is 6.19. The number of rotatable bonds is 6. The molecular formula is C25H35FN6. The van der Waals surface area contributed by atoms with Crippen LogP contribution in [0.15, 0.2) is 53.7 Å². The number of likely N-dealkylation sites (tertiary alicyclic amines) is 1. The highest BCUT2D eigenvalue weighted by Crippen LogP contribution is 2.20. The molecule has 2 aromatic rings. The number of nitrogens with zero attached hydrogens (tertiary/aromatic N) is 4. The predicted octanol–water partition coefficient (Wildman–Crippen LogP) is 3.27. The number of guanidine groups is 1. The Labute approximate surface area is 190 Å². The van der Waals surface area contributed by atoms with E-state index >= 15 is 0 Å². The van der Waals surface area contributed by atoms with E-state index in [0.717, 1.165) is 75.7 Å². The Balaban J connectivity index is 1.15. The topological polar surface area (TPSA) is 55.8 Å². The van der Waals surface area contributed by atoms with Gasteiger partial charge in [-0.1, -0.05) is 24.3 Å². The maximum Gasteiger partial charge on any atom is 0.191 e. The number of hydrogen-bond acceptors (Lipinski definition) is 4.